The number of esters is 1. The van der Waals surface area contributed by atoms with Crippen molar-refractivity contribution in [3.05, 3.63) is 59.2 Å². The number of hydrogen-bond donors (Lipinski definition) is 2. The molecule has 2 aromatic heterocycles. The maximum Gasteiger partial charge on any atom is 0.412 e. The molecule has 3 rings (SSSR count). The maximum absolute atomic E-state index is 13.1. The van der Waals surface area contributed by atoms with Gasteiger partial charge in [0.1, 0.15) is 17.2 Å². The molecule has 0 fully saturated rings. The highest BCUT2D eigenvalue weighted by Crippen LogP contribution is 2.32. The Morgan fingerprint density at radius 2 is 1.93 bits per heavy atom. The zero-order valence-corrected chi connectivity index (χ0v) is 15.7. The van der Waals surface area contributed by atoms with E-state index in [0.29, 0.717) is 11.8 Å². The highest BCUT2D eigenvalue weighted by molar-refractivity contribution is 6.04. The third-order valence-corrected chi connectivity index (χ3v) is 4.07. The Morgan fingerprint density at radius 3 is 2.59 bits per heavy atom. The van der Waals surface area contributed by atoms with Crippen LogP contribution in [0.25, 0.3) is 10.9 Å². The number of fused-ring (bicyclic) bond motifs is 1. The Balaban J connectivity index is 2.09. The number of aromatic nitrogens is 2. The average Bonchev–Trinajstić information content (AvgIpc) is 2.71. The zero-order chi connectivity index (χ0) is 21.0. The number of carbonyl (C=O) groups is 2. The SMILES string of the molecule is CCOC(=O)Nc1nc(C(=O)OC)c(O)c2ncc(Cc3ccc(F)cc3)cc12. The Bertz CT molecular complexity index is 1070. The van der Waals surface area contributed by atoms with Crippen LogP contribution in [0.5, 0.6) is 5.75 Å². The number of pyridine rings is 2. The van der Waals surface area contributed by atoms with E-state index in [1.54, 1.807) is 25.1 Å². The monoisotopic (exact) mass is 399 g/mol. The molecule has 0 atom stereocenters. The summed E-state index contributed by atoms with van der Waals surface area (Å²) in [5.41, 5.74) is 1.25. The van der Waals surface area contributed by atoms with E-state index in [-0.39, 0.29) is 29.5 Å². The van der Waals surface area contributed by atoms with E-state index in [1.165, 1.54) is 18.3 Å². The van der Waals surface area contributed by atoms with Crippen LogP contribution in [-0.2, 0) is 15.9 Å². The summed E-state index contributed by atoms with van der Waals surface area (Å²) in [7, 11) is 1.14. The molecule has 0 spiro atoms. The lowest BCUT2D eigenvalue weighted by Gasteiger charge is -2.12. The van der Waals surface area contributed by atoms with Crippen LogP contribution in [0.4, 0.5) is 15.0 Å². The zero-order valence-electron chi connectivity index (χ0n) is 15.7. The second kappa shape index (κ2) is 8.51. The Labute approximate surface area is 165 Å². The van der Waals surface area contributed by atoms with Gasteiger partial charge < -0.3 is 14.6 Å². The minimum Gasteiger partial charge on any atom is -0.504 e. The van der Waals surface area contributed by atoms with Gasteiger partial charge in [-0.25, -0.2) is 19.0 Å². The molecule has 1 amide bonds. The van der Waals surface area contributed by atoms with Crippen molar-refractivity contribution < 1.29 is 28.6 Å². The van der Waals surface area contributed by atoms with Crippen LogP contribution < -0.4 is 5.32 Å². The third-order valence-electron chi connectivity index (χ3n) is 4.07. The molecule has 0 saturated carbocycles. The Hall–Kier alpha value is -3.75. The number of nitrogens with one attached hydrogen (secondary N) is 1. The highest BCUT2D eigenvalue weighted by atomic mass is 19.1. The van der Waals surface area contributed by atoms with Gasteiger partial charge in [0.25, 0.3) is 0 Å². The number of methoxy groups -OCH3 is 1. The van der Waals surface area contributed by atoms with Gasteiger partial charge in [0.15, 0.2) is 11.4 Å². The first-order valence-corrected chi connectivity index (χ1v) is 8.71. The van der Waals surface area contributed by atoms with Gasteiger partial charge in [-0.15, -0.1) is 0 Å². The fourth-order valence-corrected chi connectivity index (χ4v) is 2.75. The summed E-state index contributed by atoms with van der Waals surface area (Å²) in [5, 5.41) is 13.2. The van der Waals surface area contributed by atoms with E-state index in [1.807, 2.05) is 0 Å². The van der Waals surface area contributed by atoms with Gasteiger partial charge in [-0.2, -0.15) is 0 Å². The molecule has 1 aromatic carbocycles. The van der Waals surface area contributed by atoms with E-state index in [0.717, 1.165) is 18.2 Å². The van der Waals surface area contributed by atoms with E-state index in [4.69, 9.17) is 4.74 Å². The van der Waals surface area contributed by atoms with Crippen LogP contribution in [-0.4, -0.2) is 40.9 Å². The first-order valence-electron chi connectivity index (χ1n) is 8.71. The minimum atomic E-state index is -0.881. The number of anilines is 1. The molecule has 3 aromatic rings. The number of amides is 1. The van der Waals surface area contributed by atoms with Crippen LogP contribution in [0.1, 0.15) is 28.5 Å². The molecule has 29 heavy (non-hydrogen) atoms. The van der Waals surface area contributed by atoms with Gasteiger partial charge in [0, 0.05) is 11.6 Å². The van der Waals surface area contributed by atoms with E-state index >= 15 is 0 Å². The summed E-state index contributed by atoms with van der Waals surface area (Å²) in [6, 6.07) is 7.67. The summed E-state index contributed by atoms with van der Waals surface area (Å²) >= 11 is 0. The van der Waals surface area contributed by atoms with Crippen molar-refractivity contribution in [3.8, 4) is 5.75 Å². The molecule has 8 nitrogen and oxygen atoms in total. The smallest absolute Gasteiger partial charge is 0.412 e. The maximum atomic E-state index is 13.1. The van der Waals surface area contributed by atoms with Crippen LogP contribution in [0, 0.1) is 5.82 Å². The first kappa shape index (κ1) is 20.0. The topological polar surface area (TPSA) is 111 Å². The number of hydrogen-bond acceptors (Lipinski definition) is 7. The molecule has 150 valence electrons. The van der Waals surface area contributed by atoms with Crippen molar-refractivity contribution in [1.82, 2.24) is 9.97 Å². The molecule has 0 radical (unpaired) electrons. The summed E-state index contributed by atoms with van der Waals surface area (Å²) in [6.45, 7) is 1.78. The lowest BCUT2D eigenvalue weighted by Crippen LogP contribution is -2.16. The molecule has 2 heterocycles. The van der Waals surface area contributed by atoms with E-state index in [2.05, 4.69) is 20.0 Å². The number of rotatable bonds is 5. The fourth-order valence-electron chi connectivity index (χ4n) is 2.75. The van der Waals surface area contributed by atoms with Crippen LogP contribution >= 0.6 is 0 Å². The lowest BCUT2D eigenvalue weighted by atomic mass is 10.0. The van der Waals surface area contributed by atoms with Crippen LogP contribution in [0.15, 0.2) is 36.5 Å². The lowest BCUT2D eigenvalue weighted by molar-refractivity contribution is 0.0590. The summed E-state index contributed by atoms with van der Waals surface area (Å²) in [5.74, 6) is -1.69. The molecule has 0 saturated heterocycles. The molecule has 0 aliphatic carbocycles. The molecule has 0 aliphatic heterocycles. The van der Waals surface area contributed by atoms with Crippen molar-refractivity contribution in [3.63, 3.8) is 0 Å². The number of aromatic hydroxyl groups is 1. The van der Waals surface area contributed by atoms with Crippen molar-refractivity contribution in [1.29, 1.82) is 0 Å². The van der Waals surface area contributed by atoms with Gasteiger partial charge >= 0.3 is 12.1 Å². The predicted molar refractivity (Wildman–Crippen MR) is 102 cm³/mol. The van der Waals surface area contributed by atoms with E-state index in [9.17, 15) is 19.1 Å². The standard InChI is InChI=1S/C20H18FN3O5/c1-3-29-20(27)24-18-14-9-12(8-11-4-6-13(21)7-5-11)10-22-15(14)17(25)16(23-18)19(26)28-2/h4-7,9-10,25H,3,8H2,1-2H3,(H,23,24,27). The first-order chi connectivity index (χ1) is 13.9. The third kappa shape index (κ3) is 4.40. The largest absolute Gasteiger partial charge is 0.504 e. The fraction of sp³-hybridized carbons (Fsp3) is 0.200. The molecule has 0 bridgehead atoms. The normalized spacial score (nSPS) is 10.6. The minimum absolute atomic E-state index is 0.00916. The molecule has 2 N–H and O–H groups in total. The summed E-state index contributed by atoms with van der Waals surface area (Å²) in [4.78, 5) is 32.1. The van der Waals surface area contributed by atoms with Crippen molar-refractivity contribution >= 4 is 28.8 Å². The van der Waals surface area contributed by atoms with Gasteiger partial charge in [-0.05, 0) is 42.7 Å². The second-order valence-electron chi connectivity index (χ2n) is 6.04. The number of carbonyl (C=O) groups excluding carboxylic acids is 2. The summed E-state index contributed by atoms with van der Waals surface area (Å²) < 4.78 is 22.6. The average molecular weight is 399 g/mol. The number of ether oxygens (including phenoxy) is 2. The van der Waals surface area contributed by atoms with Gasteiger partial charge in [-0.3, -0.25) is 10.3 Å². The molecular formula is C20H18FN3O5. The number of nitrogens with zero attached hydrogens (tertiary/aromatic N) is 2. The Kier molecular flexibility index (Phi) is 5.87. The van der Waals surface area contributed by atoms with E-state index < -0.39 is 17.8 Å². The molecular weight excluding hydrogens is 381 g/mol. The Morgan fingerprint density at radius 1 is 1.21 bits per heavy atom. The molecule has 0 aliphatic rings. The molecule has 9 heteroatoms. The van der Waals surface area contributed by atoms with Gasteiger partial charge in [-0.1, -0.05) is 12.1 Å². The summed E-state index contributed by atoms with van der Waals surface area (Å²) in [6.07, 6.45) is 1.18. The molecule has 0 unspecified atom stereocenters. The number of halogens is 1. The van der Waals surface area contributed by atoms with Crippen molar-refractivity contribution in [2.75, 3.05) is 19.0 Å². The second-order valence-corrected chi connectivity index (χ2v) is 6.04. The van der Waals surface area contributed by atoms with Gasteiger partial charge in [0.05, 0.1) is 13.7 Å². The highest BCUT2D eigenvalue weighted by Gasteiger charge is 2.22. The van der Waals surface area contributed by atoms with Crippen LogP contribution in [0.3, 0.4) is 0 Å². The van der Waals surface area contributed by atoms with Gasteiger partial charge in [0.2, 0.25) is 0 Å². The number of benzene rings is 1. The van der Waals surface area contributed by atoms with Crippen LogP contribution in [0.2, 0.25) is 0 Å². The van der Waals surface area contributed by atoms with Crippen molar-refractivity contribution in [2.24, 2.45) is 0 Å². The quantitative estimate of drug-likeness (QED) is 0.633. The predicted octanol–water partition coefficient (Wildman–Crippen LogP) is 3.42. The van der Waals surface area contributed by atoms with Crippen molar-refractivity contribution in [2.45, 2.75) is 13.3 Å².